The predicted octanol–water partition coefficient (Wildman–Crippen LogP) is 3.42. The van der Waals surface area contributed by atoms with Gasteiger partial charge in [-0.15, -0.1) is 12.4 Å². The molecule has 1 aliphatic heterocycles. The Balaban J connectivity index is 0.00000225. The monoisotopic (exact) mass is 359 g/mol. The summed E-state index contributed by atoms with van der Waals surface area (Å²) < 4.78 is 0. The van der Waals surface area contributed by atoms with E-state index in [2.05, 4.69) is 10.6 Å². The van der Waals surface area contributed by atoms with E-state index in [0.717, 1.165) is 30.6 Å². The number of hydrogen-bond donors (Lipinski definition) is 2. The molecule has 0 radical (unpaired) electrons. The quantitative estimate of drug-likeness (QED) is 0.882. The molecule has 0 spiro atoms. The van der Waals surface area contributed by atoms with Gasteiger partial charge in [0.1, 0.15) is 0 Å². The molecule has 6 heteroatoms. The van der Waals surface area contributed by atoms with Crippen molar-refractivity contribution >= 4 is 35.6 Å². The first-order valence-electron chi connectivity index (χ1n) is 8.05. The van der Waals surface area contributed by atoms with E-state index in [1.165, 1.54) is 4.90 Å². The van der Waals surface area contributed by atoms with Crippen molar-refractivity contribution in [1.29, 1.82) is 0 Å². The second-order valence-corrected chi connectivity index (χ2v) is 6.10. The van der Waals surface area contributed by atoms with Crippen molar-refractivity contribution in [3.8, 4) is 0 Å². The summed E-state index contributed by atoms with van der Waals surface area (Å²) in [6.07, 6.45) is 1.91. The Kier molecular flexibility index (Phi) is 6.04. The largest absolute Gasteiger partial charge is 0.385 e. The number of carbonyl (C=O) groups is 2. The average molecular weight is 360 g/mol. The fourth-order valence-corrected chi connectivity index (χ4v) is 2.91. The van der Waals surface area contributed by atoms with Crippen LogP contribution < -0.4 is 10.6 Å². The van der Waals surface area contributed by atoms with E-state index in [9.17, 15) is 9.59 Å². The number of hydrogen-bond acceptors (Lipinski definition) is 3. The van der Waals surface area contributed by atoms with E-state index in [4.69, 9.17) is 0 Å². The Bertz CT molecular complexity index is 790. The molecular formula is C19H22ClN3O2. The summed E-state index contributed by atoms with van der Waals surface area (Å²) in [4.78, 5) is 26.2. The number of carbonyl (C=O) groups excluding carboxylic acids is 2. The van der Waals surface area contributed by atoms with Crippen molar-refractivity contribution in [2.75, 3.05) is 31.3 Å². The highest BCUT2D eigenvalue weighted by Gasteiger charge is 2.18. The first-order chi connectivity index (χ1) is 11.6. The topological polar surface area (TPSA) is 61.4 Å². The molecule has 2 aromatic carbocycles. The molecule has 0 atom stereocenters. The minimum Gasteiger partial charge on any atom is -0.385 e. The zero-order chi connectivity index (χ0) is 17.1. The zero-order valence-corrected chi connectivity index (χ0v) is 15.2. The number of nitrogens with zero attached hydrogens (tertiary/aromatic N) is 1. The summed E-state index contributed by atoms with van der Waals surface area (Å²) in [7, 11) is 3.41. The van der Waals surface area contributed by atoms with Gasteiger partial charge in [0.25, 0.3) is 11.8 Å². The van der Waals surface area contributed by atoms with Crippen LogP contribution in [0.15, 0.2) is 42.5 Å². The van der Waals surface area contributed by atoms with Crippen molar-refractivity contribution in [1.82, 2.24) is 4.90 Å². The molecule has 0 fully saturated rings. The fraction of sp³-hybridized carbons (Fsp3) is 0.263. The lowest BCUT2D eigenvalue weighted by Crippen LogP contribution is -2.22. The van der Waals surface area contributed by atoms with Crippen LogP contribution in [0.5, 0.6) is 0 Å². The van der Waals surface area contributed by atoms with Crippen LogP contribution in [-0.2, 0) is 6.42 Å². The van der Waals surface area contributed by atoms with Gasteiger partial charge in [0.2, 0.25) is 0 Å². The summed E-state index contributed by atoms with van der Waals surface area (Å²) in [5.41, 5.74) is 3.94. The molecule has 0 unspecified atom stereocenters. The third-order valence-corrected chi connectivity index (χ3v) is 4.11. The summed E-state index contributed by atoms with van der Waals surface area (Å²) in [6, 6.07) is 12.7. The lowest BCUT2D eigenvalue weighted by atomic mass is 9.97. The molecule has 3 rings (SSSR count). The highest BCUT2D eigenvalue weighted by molar-refractivity contribution is 6.07. The number of anilines is 2. The van der Waals surface area contributed by atoms with Crippen LogP contribution in [0.25, 0.3) is 0 Å². The first kappa shape index (κ1) is 18.8. The fourth-order valence-electron chi connectivity index (χ4n) is 2.91. The standard InChI is InChI=1S/C19H21N3O2.ClH/c1-22(2)19(24)13-6-3-7-14(12-13)21-18(23)16-8-4-10-17-15(16)9-5-11-20-17;/h3-4,6-8,10,12,20H,5,9,11H2,1-2H3,(H,21,23);1H. The van der Waals surface area contributed by atoms with Crippen molar-refractivity contribution in [2.24, 2.45) is 0 Å². The summed E-state index contributed by atoms with van der Waals surface area (Å²) in [6.45, 7) is 0.937. The van der Waals surface area contributed by atoms with Gasteiger partial charge in [-0.25, -0.2) is 0 Å². The third-order valence-electron chi connectivity index (χ3n) is 4.11. The Morgan fingerprint density at radius 1 is 1.12 bits per heavy atom. The lowest BCUT2D eigenvalue weighted by Gasteiger charge is -2.20. The van der Waals surface area contributed by atoms with Crippen LogP contribution in [0.1, 0.15) is 32.7 Å². The molecule has 1 aliphatic rings. The average Bonchev–Trinajstić information content (AvgIpc) is 2.60. The zero-order valence-electron chi connectivity index (χ0n) is 14.3. The molecule has 0 saturated carbocycles. The van der Waals surface area contributed by atoms with E-state index in [1.54, 1.807) is 38.4 Å². The third kappa shape index (κ3) is 4.12. The molecule has 0 aromatic heterocycles. The molecule has 0 aliphatic carbocycles. The van der Waals surface area contributed by atoms with Gasteiger partial charge in [0.15, 0.2) is 0 Å². The van der Waals surface area contributed by atoms with Crippen LogP contribution in [0.2, 0.25) is 0 Å². The maximum Gasteiger partial charge on any atom is 0.256 e. The Morgan fingerprint density at radius 2 is 1.88 bits per heavy atom. The van der Waals surface area contributed by atoms with Gasteiger partial charge in [-0.05, 0) is 48.7 Å². The molecule has 2 amide bonds. The highest BCUT2D eigenvalue weighted by atomic mass is 35.5. The highest BCUT2D eigenvalue weighted by Crippen LogP contribution is 2.26. The summed E-state index contributed by atoms with van der Waals surface area (Å²) in [5.74, 6) is -0.239. The van der Waals surface area contributed by atoms with Gasteiger partial charge in [-0.2, -0.15) is 0 Å². The van der Waals surface area contributed by atoms with E-state index in [1.807, 2.05) is 18.2 Å². The Hall–Kier alpha value is -2.53. The van der Waals surface area contributed by atoms with E-state index in [-0.39, 0.29) is 24.2 Å². The minimum atomic E-state index is -0.148. The van der Waals surface area contributed by atoms with Crippen LogP contribution in [0.3, 0.4) is 0 Å². The summed E-state index contributed by atoms with van der Waals surface area (Å²) in [5, 5.41) is 6.23. The first-order valence-corrected chi connectivity index (χ1v) is 8.05. The molecule has 2 N–H and O–H groups in total. The second-order valence-electron chi connectivity index (χ2n) is 6.10. The number of amides is 2. The second kappa shape index (κ2) is 8.03. The van der Waals surface area contributed by atoms with Crippen molar-refractivity contribution in [3.63, 3.8) is 0 Å². The SMILES string of the molecule is CN(C)C(=O)c1cccc(NC(=O)c2cccc3c2CCCN3)c1.Cl. The van der Waals surface area contributed by atoms with E-state index < -0.39 is 0 Å². The Morgan fingerprint density at radius 3 is 2.64 bits per heavy atom. The van der Waals surface area contributed by atoms with Gasteiger partial charge < -0.3 is 15.5 Å². The van der Waals surface area contributed by atoms with Crippen molar-refractivity contribution < 1.29 is 9.59 Å². The number of fused-ring (bicyclic) bond motifs is 1. The van der Waals surface area contributed by atoms with Gasteiger partial charge in [-0.3, -0.25) is 9.59 Å². The lowest BCUT2D eigenvalue weighted by molar-refractivity contribution is 0.0827. The molecule has 5 nitrogen and oxygen atoms in total. The minimum absolute atomic E-state index is 0. The van der Waals surface area contributed by atoms with E-state index in [0.29, 0.717) is 16.8 Å². The Labute approximate surface area is 153 Å². The number of nitrogens with one attached hydrogen (secondary N) is 2. The number of halogens is 1. The normalized spacial score (nSPS) is 12.2. The summed E-state index contributed by atoms with van der Waals surface area (Å²) >= 11 is 0. The maximum absolute atomic E-state index is 12.7. The maximum atomic E-state index is 12.7. The molecule has 132 valence electrons. The molecular weight excluding hydrogens is 338 g/mol. The predicted molar refractivity (Wildman–Crippen MR) is 103 cm³/mol. The van der Waals surface area contributed by atoms with Crippen LogP contribution in [-0.4, -0.2) is 37.4 Å². The van der Waals surface area contributed by atoms with Crippen LogP contribution in [0, 0.1) is 0 Å². The smallest absolute Gasteiger partial charge is 0.256 e. The van der Waals surface area contributed by atoms with Gasteiger partial charge in [0, 0.05) is 43.1 Å². The van der Waals surface area contributed by atoms with Gasteiger partial charge >= 0.3 is 0 Å². The molecule has 1 heterocycles. The van der Waals surface area contributed by atoms with Crippen molar-refractivity contribution in [2.45, 2.75) is 12.8 Å². The van der Waals surface area contributed by atoms with Gasteiger partial charge in [0.05, 0.1) is 0 Å². The van der Waals surface area contributed by atoms with Crippen LogP contribution in [0.4, 0.5) is 11.4 Å². The molecule has 0 saturated heterocycles. The number of benzene rings is 2. The molecule has 0 bridgehead atoms. The molecule has 2 aromatic rings. The molecule has 25 heavy (non-hydrogen) atoms. The van der Waals surface area contributed by atoms with Crippen molar-refractivity contribution in [3.05, 3.63) is 59.2 Å². The van der Waals surface area contributed by atoms with Gasteiger partial charge in [-0.1, -0.05) is 12.1 Å². The number of rotatable bonds is 3. The van der Waals surface area contributed by atoms with E-state index >= 15 is 0 Å². The van der Waals surface area contributed by atoms with Crippen LogP contribution >= 0.6 is 12.4 Å².